The van der Waals surface area contributed by atoms with Crippen molar-refractivity contribution in [2.24, 2.45) is 0 Å². The topological polar surface area (TPSA) is 108 Å². The van der Waals surface area contributed by atoms with Gasteiger partial charge in [0.25, 0.3) is 0 Å². The molecule has 89 heavy (non-hydrogen) atoms. The molecule has 0 amide bonds. The summed E-state index contributed by atoms with van der Waals surface area (Å²) in [5.41, 5.74) is 0. The van der Waals surface area contributed by atoms with E-state index in [1.54, 1.807) is 0 Å². The molecule has 0 aliphatic rings. The number of likely N-dealkylation sites (N-methyl/N-ethyl adjacent to an activating group) is 1. The van der Waals surface area contributed by atoms with E-state index in [1.165, 1.54) is 366 Å². The molecule has 0 radical (unpaired) electrons. The second kappa shape index (κ2) is 71.1. The number of unbranched alkanes of at least 4 members (excludes halogenated alkanes) is 60. The Balaban J connectivity index is 3.89. The van der Waals surface area contributed by atoms with Gasteiger partial charge in [0.1, 0.15) is 19.8 Å². The van der Waals surface area contributed by atoms with Crippen LogP contribution in [0.2, 0.25) is 0 Å². The van der Waals surface area contributed by atoms with Gasteiger partial charge < -0.3 is 18.9 Å². The highest BCUT2D eigenvalue weighted by Crippen LogP contribution is 2.43. The fourth-order valence-corrected chi connectivity index (χ4v) is 13.2. The van der Waals surface area contributed by atoms with Crippen molar-refractivity contribution in [2.45, 2.75) is 437 Å². The standard InChI is InChI=1S/C79H156NO8P/c1-6-8-10-12-14-16-18-20-22-24-26-28-30-32-34-36-37-38-39-40-41-42-44-45-47-49-51-53-55-57-59-61-63-65-67-69-71-78(81)85-75-77(76-87-89(83,84)86-74-73-80(3,4)5)88-79(82)72-70-68-66-64-62-60-58-56-54-52-50-48-46-43-35-33-31-29-27-25-23-21-19-17-15-13-11-9-7-2/h25,27,77H,6-24,26,28-76H2,1-5H3/p+1/b27-25-. The molecule has 0 spiro atoms. The molecule has 10 heteroatoms. The molecule has 0 aromatic heterocycles. The quantitative estimate of drug-likeness (QED) is 0.0211. The fraction of sp³-hybridized carbons (Fsp3) is 0.949. The first kappa shape index (κ1) is 87.8. The average Bonchev–Trinajstić information content (AvgIpc) is 3.60. The number of carbonyl (C=O) groups is 2. The second-order valence-electron chi connectivity index (χ2n) is 28.8. The van der Waals surface area contributed by atoms with Crippen LogP contribution in [0.15, 0.2) is 12.2 Å². The number of hydrogen-bond acceptors (Lipinski definition) is 7. The second-order valence-corrected chi connectivity index (χ2v) is 30.3. The maximum atomic E-state index is 12.9. The zero-order chi connectivity index (χ0) is 64.8. The third-order valence-electron chi connectivity index (χ3n) is 18.5. The van der Waals surface area contributed by atoms with Gasteiger partial charge >= 0.3 is 19.8 Å². The summed E-state index contributed by atoms with van der Waals surface area (Å²) in [7, 11) is 1.51. The predicted molar refractivity (Wildman–Crippen MR) is 386 cm³/mol. The molecule has 0 rings (SSSR count). The van der Waals surface area contributed by atoms with Crippen molar-refractivity contribution in [3.05, 3.63) is 12.2 Å². The molecule has 2 unspecified atom stereocenters. The minimum Gasteiger partial charge on any atom is -0.462 e. The van der Waals surface area contributed by atoms with Crippen LogP contribution in [-0.4, -0.2) is 74.9 Å². The Kier molecular flexibility index (Phi) is 70.1. The SMILES string of the molecule is CCCCCCCCCC/C=C\CCCCCCCCCCCCCCCCCCCC(=O)OC(COC(=O)CCCCCCCCCCCCCCCCCCCCCCCCCCCCCCCCCCCCCC)COP(=O)(O)OCC[N+](C)(C)C. The maximum Gasteiger partial charge on any atom is 0.472 e. The first-order valence-electron chi connectivity index (χ1n) is 39.9. The summed E-state index contributed by atoms with van der Waals surface area (Å²) in [5.74, 6) is -0.768. The van der Waals surface area contributed by atoms with Gasteiger partial charge in [-0.1, -0.05) is 392 Å². The van der Waals surface area contributed by atoms with E-state index in [1.807, 2.05) is 21.1 Å². The molecule has 0 aliphatic heterocycles. The summed E-state index contributed by atoms with van der Waals surface area (Å²) in [6.45, 7) is 4.53. The summed E-state index contributed by atoms with van der Waals surface area (Å²) in [6, 6.07) is 0. The minimum atomic E-state index is -4.39. The molecule has 0 fully saturated rings. The number of ether oxygens (including phenoxy) is 2. The normalized spacial score (nSPS) is 13.0. The first-order chi connectivity index (χ1) is 43.5. The molecule has 0 saturated heterocycles. The van der Waals surface area contributed by atoms with Gasteiger partial charge in [0.15, 0.2) is 6.10 Å². The maximum absolute atomic E-state index is 12.9. The lowest BCUT2D eigenvalue weighted by molar-refractivity contribution is -0.870. The molecular weight excluding hydrogens is 1120 g/mol. The van der Waals surface area contributed by atoms with Crippen LogP contribution in [-0.2, 0) is 32.7 Å². The van der Waals surface area contributed by atoms with Crippen LogP contribution in [0.3, 0.4) is 0 Å². The van der Waals surface area contributed by atoms with Crippen molar-refractivity contribution >= 4 is 19.8 Å². The number of phosphoric acid groups is 1. The van der Waals surface area contributed by atoms with E-state index in [0.717, 1.165) is 38.5 Å². The van der Waals surface area contributed by atoms with Gasteiger partial charge in [0.05, 0.1) is 27.7 Å². The number of allylic oxidation sites excluding steroid dienone is 2. The average molecular weight is 1280 g/mol. The van der Waals surface area contributed by atoms with E-state index < -0.39 is 26.5 Å². The van der Waals surface area contributed by atoms with Crippen LogP contribution in [0.1, 0.15) is 431 Å². The van der Waals surface area contributed by atoms with Crippen molar-refractivity contribution in [3.8, 4) is 0 Å². The highest BCUT2D eigenvalue weighted by atomic mass is 31.2. The van der Waals surface area contributed by atoms with Gasteiger partial charge in [-0.15, -0.1) is 0 Å². The highest BCUT2D eigenvalue weighted by Gasteiger charge is 2.27. The Labute approximate surface area is 556 Å². The Hall–Kier alpha value is -1.25. The van der Waals surface area contributed by atoms with Gasteiger partial charge in [-0.2, -0.15) is 0 Å². The van der Waals surface area contributed by atoms with E-state index in [2.05, 4.69) is 26.0 Å². The van der Waals surface area contributed by atoms with Crippen molar-refractivity contribution in [3.63, 3.8) is 0 Å². The third kappa shape index (κ3) is 75.7. The fourth-order valence-electron chi connectivity index (χ4n) is 12.4. The third-order valence-corrected chi connectivity index (χ3v) is 19.5. The predicted octanol–water partition coefficient (Wildman–Crippen LogP) is 26.2. The van der Waals surface area contributed by atoms with Crippen LogP contribution in [0.5, 0.6) is 0 Å². The molecule has 0 heterocycles. The number of rotatable bonds is 76. The zero-order valence-corrected chi connectivity index (χ0v) is 61.6. The summed E-state index contributed by atoms with van der Waals surface area (Å²) < 4.78 is 34.8. The molecule has 0 aromatic rings. The number of carbonyl (C=O) groups excluding carboxylic acids is 2. The van der Waals surface area contributed by atoms with E-state index in [9.17, 15) is 19.0 Å². The molecule has 0 saturated carbocycles. The lowest BCUT2D eigenvalue weighted by atomic mass is 10.0. The van der Waals surface area contributed by atoms with E-state index in [4.69, 9.17) is 18.5 Å². The Morgan fingerprint density at radius 2 is 0.573 bits per heavy atom. The van der Waals surface area contributed by atoms with Crippen LogP contribution in [0.25, 0.3) is 0 Å². The number of hydrogen-bond donors (Lipinski definition) is 1. The van der Waals surface area contributed by atoms with Gasteiger partial charge in [-0.3, -0.25) is 18.6 Å². The van der Waals surface area contributed by atoms with Crippen LogP contribution in [0, 0.1) is 0 Å². The monoisotopic (exact) mass is 1280 g/mol. The number of quaternary nitrogens is 1. The molecule has 530 valence electrons. The van der Waals surface area contributed by atoms with Crippen LogP contribution >= 0.6 is 7.82 Å². The summed E-state index contributed by atoms with van der Waals surface area (Å²) >= 11 is 0. The number of esters is 2. The Morgan fingerprint density at radius 1 is 0.337 bits per heavy atom. The largest absolute Gasteiger partial charge is 0.472 e. The van der Waals surface area contributed by atoms with Gasteiger partial charge in [-0.05, 0) is 38.5 Å². The summed E-state index contributed by atoms with van der Waals surface area (Å²) in [6.07, 6.45) is 89.4. The summed E-state index contributed by atoms with van der Waals surface area (Å²) in [4.78, 5) is 36.0. The molecule has 9 nitrogen and oxygen atoms in total. The van der Waals surface area contributed by atoms with E-state index in [-0.39, 0.29) is 25.6 Å². The van der Waals surface area contributed by atoms with Crippen LogP contribution < -0.4 is 0 Å². The summed E-state index contributed by atoms with van der Waals surface area (Å²) in [5, 5.41) is 0. The van der Waals surface area contributed by atoms with Gasteiger partial charge in [0.2, 0.25) is 0 Å². The van der Waals surface area contributed by atoms with Gasteiger partial charge in [0, 0.05) is 12.8 Å². The molecule has 0 aromatic carbocycles. The minimum absolute atomic E-state index is 0.0366. The van der Waals surface area contributed by atoms with Crippen molar-refractivity contribution in [2.75, 3.05) is 47.5 Å². The highest BCUT2D eigenvalue weighted by molar-refractivity contribution is 7.47. The lowest BCUT2D eigenvalue weighted by Gasteiger charge is -2.24. The van der Waals surface area contributed by atoms with Crippen molar-refractivity contribution in [1.82, 2.24) is 0 Å². The molecule has 0 aliphatic carbocycles. The molecule has 0 bridgehead atoms. The molecule has 2 atom stereocenters. The molecule has 1 N–H and O–H groups in total. The van der Waals surface area contributed by atoms with Gasteiger partial charge in [-0.25, -0.2) is 4.57 Å². The van der Waals surface area contributed by atoms with Crippen molar-refractivity contribution < 1.29 is 42.1 Å². The molecular formula is C79H157NO8P+. The number of nitrogens with zero attached hydrogens (tertiary/aromatic N) is 1. The van der Waals surface area contributed by atoms with Crippen LogP contribution in [0.4, 0.5) is 0 Å². The lowest BCUT2D eigenvalue weighted by Crippen LogP contribution is -2.37. The van der Waals surface area contributed by atoms with E-state index in [0.29, 0.717) is 17.4 Å². The number of phosphoric ester groups is 1. The Morgan fingerprint density at radius 3 is 0.831 bits per heavy atom. The Bertz CT molecular complexity index is 1500. The van der Waals surface area contributed by atoms with E-state index >= 15 is 0 Å². The van der Waals surface area contributed by atoms with Crippen molar-refractivity contribution in [1.29, 1.82) is 0 Å². The first-order valence-corrected chi connectivity index (χ1v) is 41.4. The smallest absolute Gasteiger partial charge is 0.462 e. The zero-order valence-electron chi connectivity index (χ0n) is 60.7.